The van der Waals surface area contributed by atoms with Crippen molar-refractivity contribution < 1.29 is 14.4 Å². The zero-order valence-electron chi connectivity index (χ0n) is 16.7. The van der Waals surface area contributed by atoms with E-state index >= 15 is 0 Å². The van der Waals surface area contributed by atoms with Crippen LogP contribution < -0.4 is 9.96 Å². The Morgan fingerprint density at radius 1 is 0.833 bits per heavy atom. The molecule has 2 aliphatic heterocycles. The van der Waals surface area contributed by atoms with Gasteiger partial charge in [-0.25, -0.2) is 9.96 Å². The smallest absolute Gasteiger partial charge is 0.266 e. The van der Waals surface area contributed by atoms with E-state index in [9.17, 15) is 9.59 Å². The SMILES string of the molecule is Cc1ccc(N2C(=O)[C@H]3[C@@H](c4ccncc4)N(c4ccccc4)O[C@H]3C2=O)cc1C. The van der Waals surface area contributed by atoms with Gasteiger partial charge in [-0.1, -0.05) is 24.3 Å². The Morgan fingerprint density at radius 2 is 1.57 bits per heavy atom. The lowest BCUT2D eigenvalue weighted by atomic mass is 9.91. The molecule has 150 valence electrons. The van der Waals surface area contributed by atoms with Gasteiger partial charge in [0.25, 0.3) is 5.91 Å². The molecule has 3 heterocycles. The number of fused-ring (bicyclic) bond motifs is 1. The topological polar surface area (TPSA) is 62.7 Å². The molecule has 1 aromatic heterocycles. The van der Waals surface area contributed by atoms with Gasteiger partial charge in [-0.3, -0.25) is 19.4 Å². The van der Waals surface area contributed by atoms with E-state index in [2.05, 4.69) is 4.98 Å². The van der Waals surface area contributed by atoms with Gasteiger partial charge in [-0.15, -0.1) is 0 Å². The number of para-hydroxylation sites is 1. The molecule has 0 spiro atoms. The van der Waals surface area contributed by atoms with Gasteiger partial charge in [-0.05, 0) is 66.9 Å². The summed E-state index contributed by atoms with van der Waals surface area (Å²) >= 11 is 0. The molecule has 6 heteroatoms. The highest BCUT2D eigenvalue weighted by Gasteiger charge is 2.60. The summed E-state index contributed by atoms with van der Waals surface area (Å²) in [4.78, 5) is 38.3. The summed E-state index contributed by atoms with van der Waals surface area (Å²) in [5, 5.41) is 1.69. The first-order chi connectivity index (χ1) is 14.6. The maximum Gasteiger partial charge on any atom is 0.266 e. The van der Waals surface area contributed by atoms with E-state index in [4.69, 9.17) is 4.84 Å². The maximum absolute atomic E-state index is 13.5. The second-order valence-electron chi connectivity index (χ2n) is 7.72. The number of hydroxylamine groups is 1. The summed E-state index contributed by atoms with van der Waals surface area (Å²) < 4.78 is 0. The zero-order valence-corrected chi connectivity index (χ0v) is 16.7. The first kappa shape index (κ1) is 18.5. The van der Waals surface area contributed by atoms with Crippen LogP contribution in [0.2, 0.25) is 0 Å². The predicted molar refractivity (Wildman–Crippen MR) is 113 cm³/mol. The van der Waals surface area contributed by atoms with Gasteiger partial charge in [0, 0.05) is 12.4 Å². The molecular weight excluding hydrogens is 378 g/mol. The van der Waals surface area contributed by atoms with Crippen molar-refractivity contribution in [1.82, 2.24) is 4.98 Å². The van der Waals surface area contributed by atoms with Crippen molar-refractivity contribution in [3.05, 3.63) is 89.7 Å². The quantitative estimate of drug-likeness (QED) is 0.628. The fourth-order valence-electron chi connectivity index (χ4n) is 4.23. The lowest BCUT2D eigenvalue weighted by Crippen LogP contribution is -2.37. The molecule has 3 atom stereocenters. The molecule has 2 amide bonds. The van der Waals surface area contributed by atoms with Crippen molar-refractivity contribution in [2.45, 2.75) is 26.0 Å². The highest BCUT2D eigenvalue weighted by atomic mass is 16.7. The van der Waals surface area contributed by atoms with Gasteiger partial charge >= 0.3 is 0 Å². The van der Waals surface area contributed by atoms with Crippen LogP contribution in [0.15, 0.2) is 73.1 Å². The molecule has 0 saturated carbocycles. The van der Waals surface area contributed by atoms with Crippen LogP contribution in [0.5, 0.6) is 0 Å². The van der Waals surface area contributed by atoms with E-state index in [1.54, 1.807) is 17.5 Å². The fraction of sp³-hybridized carbons (Fsp3) is 0.208. The molecule has 3 aromatic rings. The lowest BCUT2D eigenvalue weighted by molar-refractivity contribution is -0.126. The minimum atomic E-state index is -0.863. The third kappa shape index (κ3) is 2.80. The molecule has 0 unspecified atom stereocenters. The lowest BCUT2D eigenvalue weighted by Gasteiger charge is -2.28. The molecule has 0 bridgehead atoms. The van der Waals surface area contributed by atoms with E-state index in [-0.39, 0.29) is 11.8 Å². The molecular formula is C24H21N3O3. The molecule has 2 fully saturated rings. The Labute approximate surface area is 174 Å². The number of pyridine rings is 1. The summed E-state index contributed by atoms with van der Waals surface area (Å²) in [5.74, 6) is -1.21. The number of benzene rings is 2. The highest BCUT2D eigenvalue weighted by Crippen LogP contribution is 2.47. The molecule has 30 heavy (non-hydrogen) atoms. The number of aryl methyl sites for hydroxylation is 2. The second kappa shape index (κ2) is 7.07. The Hall–Kier alpha value is -3.51. The second-order valence-corrected chi connectivity index (χ2v) is 7.72. The van der Waals surface area contributed by atoms with Crippen LogP contribution in [0, 0.1) is 19.8 Å². The molecule has 0 aliphatic carbocycles. The van der Waals surface area contributed by atoms with Crippen molar-refractivity contribution >= 4 is 23.2 Å². The minimum absolute atomic E-state index is 0.242. The number of nitrogens with zero attached hydrogens (tertiary/aromatic N) is 3. The van der Waals surface area contributed by atoms with Crippen LogP contribution >= 0.6 is 0 Å². The van der Waals surface area contributed by atoms with Gasteiger partial charge < -0.3 is 0 Å². The summed E-state index contributed by atoms with van der Waals surface area (Å²) in [5.41, 5.74) is 4.41. The van der Waals surface area contributed by atoms with Crippen LogP contribution in [-0.2, 0) is 14.4 Å². The molecule has 2 aromatic carbocycles. The number of anilines is 2. The Kier molecular flexibility index (Phi) is 4.37. The largest absolute Gasteiger partial charge is 0.273 e. The van der Waals surface area contributed by atoms with Gasteiger partial charge in [0.15, 0.2) is 6.10 Å². The van der Waals surface area contributed by atoms with Gasteiger partial charge in [-0.2, -0.15) is 0 Å². The third-order valence-electron chi connectivity index (χ3n) is 5.92. The monoisotopic (exact) mass is 399 g/mol. The number of aromatic nitrogens is 1. The molecule has 0 radical (unpaired) electrons. The number of hydrogen-bond donors (Lipinski definition) is 0. The average molecular weight is 399 g/mol. The van der Waals surface area contributed by atoms with Crippen LogP contribution in [0.3, 0.4) is 0 Å². The van der Waals surface area contributed by atoms with Crippen molar-refractivity contribution in [1.29, 1.82) is 0 Å². The average Bonchev–Trinajstić information content (AvgIpc) is 3.28. The Balaban J connectivity index is 1.58. The fourth-order valence-corrected chi connectivity index (χ4v) is 4.23. The van der Waals surface area contributed by atoms with Crippen LogP contribution in [-0.4, -0.2) is 22.9 Å². The Bertz CT molecular complexity index is 1120. The Morgan fingerprint density at radius 3 is 2.27 bits per heavy atom. The normalized spacial score (nSPS) is 23.2. The van der Waals surface area contributed by atoms with Gasteiger partial charge in [0.05, 0.1) is 17.4 Å². The van der Waals surface area contributed by atoms with Crippen LogP contribution in [0.4, 0.5) is 11.4 Å². The zero-order chi connectivity index (χ0) is 20.8. The summed E-state index contributed by atoms with van der Waals surface area (Å²) in [6.07, 6.45) is 2.51. The van der Waals surface area contributed by atoms with Crippen molar-refractivity contribution in [2.24, 2.45) is 5.92 Å². The number of rotatable bonds is 3. The number of amides is 2. The summed E-state index contributed by atoms with van der Waals surface area (Å²) in [6.45, 7) is 3.97. The standard InChI is InChI=1S/C24H21N3O3/c1-15-8-9-19(14-16(15)2)26-23(28)20-21(17-10-12-25-13-11-17)27(30-22(20)24(26)29)18-6-4-3-5-7-18/h3-14,20-22H,1-2H3/t20-,21+,22+/m0/s1. The first-order valence-electron chi connectivity index (χ1n) is 9.92. The van der Waals surface area contributed by atoms with Crippen molar-refractivity contribution in [2.75, 3.05) is 9.96 Å². The van der Waals surface area contributed by atoms with E-state index in [1.165, 1.54) is 4.90 Å². The summed E-state index contributed by atoms with van der Waals surface area (Å²) in [6, 6.07) is 18.5. The van der Waals surface area contributed by atoms with E-state index in [0.717, 1.165) is 22.4 Å². The maximum atomic E-state index is 13.5. The van der Waals surface area contributed by atoms with Crippen molar-refractivity contribution in [3.63, 3.8) is 0 Å². The minimum Gasteiger partial charge on any atom is -0.273 e. The molecule has 2 aliphatic rings. The first-order valence-corrected chi connectivity index (χ1v) is 9.92. The molecule has 6 nitrogen and oxygen atoms in total. The van der Waals surface area contributed by atoms with Crippen LogP contribution in [0.1, 0.15) is 22.7 Å². The predicted octanol–water partition coefficient (Wildman–Crippen LogP) is 3.75. The molecule has 5 rings (SSSR count). The molecule has 0 N–H and O–H groups in total. The van der Waals surface area contributed by atoms with Crippen LogP contribution in [0.25, 0.3) is 0 Å². The number of imide groups is 1. The van der Waals surface area contributed by atoms with Gasteiger partial charge in [0.1, 0.15) is 5.92 Å². The number of carbonyl (C=O) groups excluding carboxylic acids is 2. The summed E-state index contributed by atoms with van der Waals surface area (Å²) in [7, 11) is 0. The highest BCUT2D eigenvalue weighted by molar-refractivity contribution is 6.24. The van der Waals surface area contributed by atoms with E-state index in [0.29, 0.717) is 5.69 Å². The number of carbonyl (C=O) groups is 2. The number of hydrogen-bond acceptors (Lipinski definition) is 5. The van der Waals surface area contributed by atoms with E-state index < -0.39 is 18.1 Å². The molecule has 2 saturated heterocycles. The van der Waals surface area contributed by atoms with E-state index in [1.807, 2.05) is 74.5 Å². The van der Waals surface area contributed by atoms with Gasteiger partial charge in [0.2, 0.25) is 5.91 Å². The van der Waals surface area contributed by atoms with Crippen molar-refractivity contribution in [3.8, 4) is 0 Å². The third-order valence-corrected chi connectivity index (χ3v) is 5.92.